The van der Waals surface area contributed by atoms with Gasteiger partial charge >= 0.3 is 0 Å². The summed E-state index contributed by atoms with van der Waals surface area (Å²) >= 11 is 0. The first-order valence-corrected chi connectivity index (χ1v) is 13.7. The lowest BCUT2D eigenvalue weighted by atomic mass is 9.53. The molecule has 0 radical (unpaired) electrons. The van der Waals surface area contributed by atoms with Crippen LogP contribution in [0.15, 0.2) is 24.3 Å². The van der Waals surface area contributed by atoms with Gasteiger partial charge in [0.1, 0.15) is 5.75 Å². The van der Waals surface area contributed by atoms with Crippen molar-refractivity contribution in [1.82, 2.24) is 0 Å². The monoisotopic (exact) mass is 453 g/mol. The zero-order chi connectivity index (χ0) is 22.0. The van der Waals surface area contributed by atoms with Crippen LogP contribution in [0.4, 0.5) is 0 Å². The second kappa shape index (κ2) is 7.94. The fourth-order valence-electron chi connectivity index (χ4n) is 8.48. The van der Waals surface area contributed by atoms with E-state index in [0.717, 1.165) is 62.5 Å². The molecule has 1 aliphatic heterocycles. The molecule has 1 aromatic rings. The highest BCUT2D eigenvalue weighted by atomic mass is 17.3. The van der Waals surface area contributed by atoms with E-state index >= 15 is 0 Å². The molecule has 1 heterocycles. The number of rotatable bonds is 3. The summed E-state index contributed by atoms with van der Waals surface area (Å²) in [6.45, 7) is 0. The van der Waals surface area contributed by atoms with Crippen LogP contribution < -0.4 is 10.5 Å². The van der Waals surface area contributed by atoms with Crippen molar-refractivity contribution in [2.75, 3.05) is 0 Å². The molecule has 2 N–H and O–H groups in total. The summed E-state index contributed by atoms with van der Waals surface area (Å²) in [7, 11) is 0. The Labute approximate surface area is 197 Å². The summed E-state index contributed by atoms with van der Waals surface area (Å²) in [5.74, 6) is 3.24. The number of benzene rings is 1. The normalized spacial score (nSPS) is 48.6. The fourth-order valence-corrected chi connectivity index (χ4v) is 8.48. The van der Waals surface area contributed by atoms with Crippen LogP contribution in [0.25, 0.3) is 0 Å². The molecular weight excluding hydrogens is 414 g/mol. The van der Waals surface area contributed by atoms with Gasteiger partial charge in [0.05, 0.1) is 6.10 Å². The van der Waals surface area contributed by atoms with Gasteiger partial charge in [-0.3, -0.25) is 0 Å². The fraction of sp³-hybridized carbons (Fsp3) is 0.786. The average molecular weight is 454 g/mol. The highest BCUT2D eigenvalue weighted by molar-refractivity contribution is 5.30. The summed E-state index contributed by atoms with van der Waals surface area (Å²) in [5, 5.41) is 0. The van der Waals surface area contributed by atoms with E-state index in [0.29, 0.717) is 29.9 Å². The number of nitrogens with two attached hydrogens (primary N) is 1. The minimum absolute atomic E-state index is 0.309. The molecule has 33 heavy (non-hydrogen) atoms. The van der Waals surface area contributed by atoms with Gasteiger partial charge in [0.25, 0.3) is 0 Å². The van der Waals surface area contributed by atoms with E-state index in [-0.39, 0.29) is 0 Å². The second-order valence-corrected chi connectivity index (χ2v) is 12.2. The molecule has 5 nitrogen and oxygen atoms in total. The predicted molar refractivity (Wildman–Crippen MR) is 124 cm³/mol. The van der Waals surface area contributed by atoms with Crippen LogP contribution in [0.1, 0.15) is 95.0 Å². The molecule has 7 aliphatic rings. The Hall–Kier alpha value is -1.14. The molecule has 1 unspecified atom stereocenters. The molecular formula is C28H39NO4. The quantitative estimate of drug-likeness (QED) is 0.584. The van der Waals surface area contributed by atoms with Crippen LogP contribution in [0.5, 0.6) is 5.75 Å². The van der Waals surface area contributed by atoms with Crippen molar-refractivity contribution in [3.8, 4) is 5.75 Å². The van der Waals surface area contributed by atoms with Crippen molar-refractivity contribution < 1.29 is 19.2 Å². The van der Waals surface area contributed by atoms with Crippen LogP contribution in [0, 0.1) is 23.7 Å². The first kappa shape index (κ1) is 21.2. The Balaban J connectivity index is 1.03. The molecule has 180 valence electrons. The lowest BCUT2D eigenvalue weighted by Gasteiger charge is -2.57. The maximum atomic E-state index is 6.96. The average Bonchev–Trinajstić information content (AvgIpc) is 3.18. The first-order chi connectivity index (χ1) is 16.1. The second-order valence-electron chi connectivity index (χ2n) is 12.2. The van der Waals surface area contributed by atoms with Crippen molar-refractivity contribution in [2.24, 2.45) is 29.4 Å². The summed E-state index contributed by atoms with van der Waals surface area (Å²) in [5.41, 5.74) is 7.40. The van der Waals surface area contributed by atoms with Crippen molar-refractivity contribution >= 4 is 0 Å². The van der Waals surface area contributed by atoms with Gasteiger partial charge in [-0.25, -0.2) is 0 Å². The van der Waals surface area contributed by atoms with Crippen molar-refractivity contribution in [1.29, 1.82) is 0 Å². The van der Waals surface area contributed by atoms with Crippen LogP contribution in [0.2, 0.25) is 0 Å². The molecule has 6 saturated carbocycles. The summed E-state index contributed by atoms with van der Waals surface area (Å²) in [6.07, 6.45) is 15.2. The van der Waals surface area contributed by atoms with E-state index in [1.165, 1.54) is 44.1 Å². The van der Waals surface area contributed by atoms with Crippen LogP contribution in [-0.4, -0.2) is 23.7 Å². The Morgan fingerprint density at radius 1 is 0.818 bits per heavy atom. The third kappa shape index (κ3) is 3.65. The molecule has 1 saturated heterocycles. The lowest BCUT2D eigenvalue weighted by molar-refractivity contribution is -0.390. The van der Waals surface area contributed by atoms with Gasteiger partial charge in [-0.2, -0.15) is 9.78 Å². The number of ether oxygens (including phenoxy) is 2. The zero-order valence-corrected chi connectivity index (χ0v) is 19.8. The van der Waals surface area contributed by atoms with Crippen LogP contribution >= 0.6 is 0 Å². The van der Waals surface area contributed by atoms with Crippen LogP contribution in [0.3, 0.4) is 0 Å². The van der Waals surface area contributed by atoms with Gasteiger partial charge < -0.3 is 15.2 Å². The molecule has 0 amide bonds. The first-order valence-electron chi connectivity index (χ1n) is 13.7. The number of hydrogen-bond acceptors (Lipinski definition) is 5. The third-order valence-corrected chi connectivity index (χ3v) is 9.99. The van der Waals surface area contributed by atoms with E-state index in [9.17, 15) is 0 Å². The van der Waals surface area contributed by atoms with Crippen molar-refractivity contribution in [3.05, 3.63) is 29.8 Å². The van der Waals surface area contributed by atoms with E-state index in [2.05, 4.69) is 24.3 Å². The molecule has 2 atom stereocenters. The minimum atomic E-state index is -0.561. The van der Waals surface area contributed by atoms with E-state index < -0.39 is 11.6 Å². The molecule has 2 spiro atoms. The molecule has 5 heteroatoms. The summed E-state index contributed by atoms with van der Waals surface area (Å²) in [6, 6.07) is 9.16. The largest absolute Gasteiger partial charge is 0.490 e. The molecule has 7 fully saturated rings. The predicted octanol–water partition coefficient (Wildman–Crippen LogP) is 5.82. The van der Waals surface area contributed by atoms with Crippen molar-refractivity contribution in [3.63, 3.8) is 0 Å². The van der Waals surface area contributed by atoms with E-state index in [1.807, 2.05) is 0 Å². The van der Waals surface area contributed by atoms with Crippen LogP contribution in [-0.2, 0) is 14.5 Å². The Morgan fingerprint density at radius 2 is 1.52 bits per heavy atom. The summed E-state index contributed by atoms with van der Waals surface area (Å²) < 4.78 is 13.2. The van der Waals surface area contributed by atoms with Gasteiger partial charge in [-0.1, -0.05) is 12.1 Å². The van der Waals surface area contributed by atoms with Gasteiger partial charge in [-0.05, 0) is 106 Å². The van der Waals surface area contributed by atoms with Crippen molar-refractivity contribution in [2.45, 2.75) is 113 Å². The highest BCUT2D eigenvalue weighted by Gasteiger charge is 2.67. The molecule has 0 aromatic heterocycles. The lowest BCUT2D eigenvalue weighted by Crippen LogP contribution is -2.59. The molecule has 1 aromatic carbocycles. The smallest absolute Gasteiger partial charge is 0.210 e. The third-order valence-electron chi connectivity index (χ3n) is 9.99. The molecule has 4 bridgehead atoms. The Bertz CT molecular complexity index is 835. The maximum absolute atomic E-state index is 6.96. The topological polar surface area (TPSA) is 62.9 Å². The Kier molecular flexibility index (Phi) is 5.09. The van der Waals surface area contributed by atoms with E-state index in [4.69, 9.17) is 25.0 Å². The van der Waals surface area contributed by atoms with Gasteiger partial charge in [0.2, 0.25) is 11.6 Å². The van der Waals surface area contributed by atoms with Gasteiger partial charge in [0.15, 0.2) is 0 Å². The Morgan fingerprint density at radius 3 is 2.21 bits per heavy atom. The molecule has 8 rings (SSSR count). The molecule has 6 aliphatic carbocycles. The van der Waals surface area contributed by atoms with Gasteiger partial charge in [-0.15, -0.1) is 0 Å². The summed E-state index contributed by atoms with van der Waals surface area (Å²) in [4.78, 5) is 12.4. The highest BCUT2D eigenvalue weighted by Crippen LogP contribution is 2.64. The minimum Gasteiger partial charge on any atom is -0.490 e. The SMILES string of the molecule is N[C@H]1CC[C@@H](Oc2ccc(C3CCC[C@]4(C3)OOC3(O4)C4CC5CC(C4)CC3C5)cc2)CC1. The number of hydrogen-bond donors (Lipinski definition) is 1. The standard InChI is InChI=1S/C28H39NO4/c29-24-5-9-26(10-6-24)30-25-7-3-20(4-8-25)21-2-1-11-27(17-21)31-28(33-32-27)22-13-18-12-19(15-22)16-23(28)14-18/h3-4,7-8,18-19,21-24,26H,1-2,5-6,9-17,29H2/t18?,19?,21?,22?,23?,24-,26+,27-,28?/m1/s1. The van der Waals surface area contributed by atoms with E-state index in [1.54, 1.807) is 0 Å². The zero-order valence-electron chi connectivity index (χ0n) is 19.8. The van der Waals surface area contributed by atoms with Gasteiger partial charge in [0, 0.05) is 30.7 Å². The maximum Gasteiger partial charge on any atom is 0.210 e.